The fourth-order valence-corrected chi connectivity index (χ4v) is 3.17. The van der Waals surface area contributed by atoms with E-state index in [1.165, 1.54) is 10.8 Å². The molecule has 0 bridgehead atoms. The second kappa shape index (κ2) is 6.59. The van der Waals surface area contributed by atoms with Gasteiger partial charge in [-0.2, -0.15) is 0 Å². The van der Waals surface area contributed by atoms with Crippen LogP contribution in [0.3, 0.4) is 0 Å². The van der Waals surface area contributed by atoms with Crippen molar-refractivity contribution in [3.8, 4) is 0 Å². The van der Waals surface area contributed by atoms with Crippen LogP contribution in [-0.2, 0) is 11.2 Å². The van der Waals surface area contributed by atoms with Gasteiger partial charge in [0.25, 0.3) is 0 Å². The first-order valence-corrected chi connectivity index (χ1v) is 7.98. The maximum absolute atomic E-state index is 12.2. The summed E-state index contributed by atoms with van der Waals surface area (Å²) in [5.41, 5.74) is 1.12. The number of thioether (sulfide) groups is 1. The molecule has 0 heterocycles. The number of carbonyl (C=O) groups is 1. The highest BCUT2D eigenvalue weighted by Gasteiger charge is 2.07. The predicted octanol–water partition coefficient (Wildman–Crippen LogP) is 4.74. The molecule has 0 saturated heterocycles. The normalized spacial score (nSPS) is 10.7. The van der Waals surface area contributed by atoms with Crippen LogP contribution < -0.4 is 0 Å². The molecule has 1 nitrogen and oxygen atoms in total. The molecule has 0 N–H and O–H groups in total. The Hall–Kier alpha value is -2.06. The Morgan fingerprint density at radius 2 is 1.52 bits per heavy atom. The fourth-order valence-electron chi connectivity index (χ4n) is 2.39. The standard InChI is InChI=1S/C19H16OS/c20-17(14-21-18-10-2-1-3-11-18)13-16-9-6-8-15-7-4-5-12-19(15)16/h1-12H,13-14H2. The summed E-state index contributed by atoms with van der Waals surface area (Å²) in [5, 5.41) is 2.37. The molecule has 3 aromatic carbocycles. The van der Waals surface area contributed by atoms with E-state index in [1.807, 2.05) is 54.6 Å². The van der Waals surface area contributed by atoms with Crippen LogP contribution in [0, 0.1) is 0 Å². The number of hydrogen-bond acceptors (Lipinski definition) is 2. The SMILES string of the molecule is O=C(CSc1ccccc1)Cc1cccc2ccccc12. The van der Waals surface area contributed by atoms with Crippen LogP contribution in [-0.4, -0.2) is 11.5 Å². The van der Waals surface area contributed by atoms with E-state index in [2.05, 4.69) is 18.2 Å². The van der Waals surface area contributed by atoms with E-state index < -0.39 is 0 Å². The smallest absolute Gasteiger partial charge is 0.147 e. The van der Waals surface area contributed by atoms with E-state index in [0.717, 1.165) is 10.5 Å². The summed E-state index contributed by atoms with van der Waals surface area (Å²) in [4.78, 5) is 13.4. The van der Waals surface area contributed by atoms with E-state index in [4.69, 9.17) is 0 Å². The van der Waals surface area contributed by atoms with Crippen LogP contribution in [0.1, 0.15) is 5.56 Å². The van der Waals surface area contributed by atoms with Crippen LogP contribution in [0.5, 0.6) is 0 Å². The van der Waals surface area contributed by atoms with Crippen molar-refractivity contribution >= 4 is 28.3 Å². The maximum Gasteiger partial charge on any atom is 0.147 e. The van der Waals surface area contributed by atoms with Gasteiger partial charge in [-0.15, -0.1) is 11.8 Å². The highest BCUT2D eigenvalue weighted by atomic mass is 32.2. The Labute approximate surface area is 129 Å². The molecular formula is C19H16OS. The van der Waals surface area contributed by atoms with Crippen molar-refractivity contribution in [3.05, 3.63) is 78.4 Å². The van der Waals surface area contributed by atoms with Gasteiger partial charge in [0.05, 0.1) is 5.75 Å². The molecule has 104 valence electrons. The molecule has 21 heavy (non-hydrogen) atoms. The minimum atomic E-state index is 0.264. The zero-order chi connectivity index (χ0) is 14.5. The topological polar surface area (TPSA) is 17.1 Å². The lowest BCUT2D eigenvalue weighted by Crippen LogP contribution is -2.06. The van der Waals surface area contributed by atoms with Crippen molar-refractivity contribution in [2.45, 2.75) is 11.3 Å². The molecule has 0 fully saturated rings. The van der Waals surface area contributed by atoms with Gasteiger partial charge in [0.15, 0.2) is 0 Å². The molecule has 0 radical (unpaired) electrons. The molecule has 0 atom stereocenters. The number of Topliss-reactive ketones (excluding diaryl/α,β-unsaturated/α-hetero) is 1. The Morgan fingerprint density at radius 3 is 2.38 bits per heavy atom. The van der Waals surface area contributed by atoms with Gasteiger partial charge in [-0.25, -0.2) is 0 Å². The highest BCUT2D eigenvalue weighted by molar-refractivity contribution is 8.00. The summed E-state index contributed by atoms with van der Waals surface area (Å²) >= 11 is 1.60. The van der Waals surface area contributed by atoms with Crippen molar-refractivity contribution in [2.75, 3.05) is 5.75 Å². The molecule has 0 aliphatic rings. The summed E-state index contributed by atoms with van der Waals surface area (Å²) in [5.74, 6) is 0.785. The zero-order valence-electron chi connectivity index (χ0n) is 11.7. The van der Waals surface area contributed by atoms with Gasteiger partial charge in [-0.05, 0) is 28.5 Å². The molecule has 3 aromatic rings. The molecule has 0 aliphatic carbocycles. The van der Waals surface area contributed by atoms with E-state index in [9.17, 15) is 4.79 Å². The largest absolute Gasteiger partial charge is 0.298 e. The monoisotopic (exact) mass is 292 g/mol. The minimum Gasteiger partial charge on any atom is -0.298 e. The second-order valence-corrected chi connectivity index (χ2v) is 6.00. The van der Waals surface area contributed by atoms with Crippen molar-refractivity contribution in [3.63, 3.8) is 0 Å². The second-order valence-electron chi connectivity index (χ2n) is 4.96. The van der Waals surface area contributed by atoms with Crippen molar-refractivity contribution in [2.24, 2.45) is 0 Å². The van der Waals surface area contributed by atoms with Gasteiger partial charge >= 0.3 is 0 Å². The van der Waals surface area contributed by atoms with Gasteiger partial charge in [0.1, 0.15) is 5.78 Å². The number of fused-ring (bicyclic) bond motifs is 1. The molecule has 2 heteroatoms. The Balaban J connectivity index is 1.69. The third kappa shape index (κ3) is 3.53. The maximum atomic E-state index is 12.2. The van der Waals surface area contributed by atoms with Crippen LogP contribution in [0.25, 0.3) is 10.8 Å². The molecule has 0 amide bonds. The predicted molar refractivity (Wildman–Crippen MR) is 89.8 cm³/mol. The number of rotatable bonds is 5. The van der Waals surface area contributed by atoms with Crippen molar-refractivity contribution < 1.29 is 4.79 Å². The van der Waals surface area contributed by atoms with E-state index >= 15 is 0 Å². The molecule has 0 aromatic heterocycles. The van der Waals surface area contributed by atoms with E-state index in [0.29, 0.717) is 12.2 Å². The van der Waals surface area contributed by atoms with Crippen molar-refractivity contribution in [1.82, 2.24) is 0 Å². The minimum absolute atomic E-state index is 0.264. The Bertz CT molecular complexity index is 744. The summed E-state index contributed by atoms with van der Waals surface area (Å²) in [6, 6.07) is 24.4. The Kier molecular flexibility index (Phi) is 4.37. The van der Waals surface area contributed by atoms with Gasteiger partial charge in [-0.3, -0.25) is 4.79 Å². The molecular weight excluding hydrogens is 276 g/mol. The average molecular weight is 292 g/mol. The van der Waals surface area contributed by atoms with Gasteiger partial charge in [0, 0.05) is 11.3 Å². The lowest BCUT2D eigenvalue weighted by Gasteiger charge is -2.06. The highest BCUT2D eigenvalue weighted by Crippen LogP contribution is 2.21. The van der Waals surface area contributed by atoms with Crippen LogP contribution >= 0.6 is 11.8 Å². The third-order valence-electron chi connectivity index (χ3n) is 3.41. The summed E-state index contributed by atoms with van der Waals surface area (Å²) in [6.45, 7) is 0. The lowest BCUT2D eigenvalue weighted by molar-refractivity contribution is -0.115. The van der Waals surface area contributed by atoms with Gasteiger partial charge < -0.3 is 0 Å². The van der Waals surface area contributed by atoms with Crippen LogP contribution in [0.4, 0.5) is 0 Å². The van der Waals surface area contributed by atoms with Crippen LogP contribution in [0.15, 0.2) is 77.7 Å². The fraction of sp³-hybridized carbons (Fsp3) is 0.105. The number of ketones is 1. The average Bonchev–Trinajstić information content (AvgIpc) is 2.54. The summed E-state index contributed by atoms with van der Waals surface area (Å²) in [6.07, 6.45) is 0.501. The van der Waals surface area contributed by atoms with E-state index in [-0.39, 0.29) is 5.78 Å². The van der Waals surface area contributed by atoms with E-state index in [1.54, 1.807) is 11.8 Å². The van der Waals surface area contributed by atoms with Crippen LogP contribution in [0.2, 0.25) is 0 Å². The van der Waals surface area contributed by atoms with Crippen molar-refractivity contribution in [1.29, 1.82) is 0 Å². The first-order valence-electron chi connectivity index (χ1n) is 6.99. The molecule has 3 rings (SSSR count). The summed E-state index contributed by atoms with van der Waals surface area (Å²) < 4.78 is 0. The van der Waals surface area contributed by atoms with Gasteiger partial charge in [0.2, 0.25) is 0 Å². The lowest BCUT2D eigenvalue weighted by atomic mass is 10.0. The summed E-state index contributed by atoms with van der Waals surface area (Å²) in [7, 11) is 0. The molecule has 0 aliphatic heterocycles. The zero-order valence-corrected chi connectivity index (χ0v) is 12.5. The van der Waals surface area contributed by atoms with Gasteiger partial charge in [-0.1, -0.05) is 60.7 Å². The number of hydrogen-bond donors (Lipinski definition) is 0. The molecule has 0 saturated carbocycles. The third-order valence-corrected chi connectivity index (χ3v) is 4.48. The Morgan fingerprint density at radius 1 is 0.810 bits per heavy atom. The molecule has 0 spiro atoms. The first-order chi connectivity index (χ1) is 10.3. The quantitative estimate of drug-likeness (QED) is 0.632. The number of carbonyl (C=O) groups excluding carboxylic acids is 1. The number of benzene rings is 3. The molecule has 0 unspecified atom stereocenters. The first kappa shape index (κ1) is 13.9.